The molecule has 1 aromatic rings. The van der Waals surface area contributed by atoms with E-state index in [-0.39, 0.29) is 10.0 Å². The summed E-state index contributed by atoms with van der Waals surface area (Å²) in [7, 11) is 0. The number of ketones is 1. The first kappa shape index (κ1) is 10.8. The van der Waals surface area contributed by atoms with Crippen molar-refractivity contribution in [3.05, 3.63) is 38.1 Å². The number of halogens is 2. The maximum atomic E-state index is 13.0. The van der Waals surface area contributed by atoms with Gasteiger partial charge in [0.05, 0.1) is 15.0 Å². The fourth-order valence-electron chi connectivity index (χ4n) is 0.969. The van der Waals surface area contributed by atoms with Crippen LogP contribution in [-0.4, -0.2) is 10.7 Å². The summed E-state index contributed by atoms with van der Waals surface area (Å²) in [6.07, 6.45) is 0. The third kappa shape index (κ3) is 1.95. The lowest BCUT2D eigenvalue weighted by Crippen LogP contribution is -2.01. The molecular formula is C8H5BrFNO3. The highest BCUT2D eigenvalue weighted by molar-refractivity contribution is 9.10. The van der Waals surface area contributed by atoms with Gasteiger partial charge in [0, 0.05) is 6.07 Å². The molecule has 74 valence electrons. The molecule has 0 radical (unpaired) electrons. The van der Waals surface area contributed by atoms with E-state index >= 15 is 0 Å². The van der Waals surface area contributed by atoms with E-state index in [9.17, 15) is 19.3 Å². The van der Waals surface area contributed by atoms with Crippen molar-refractivity contribution in [3.8, 4) is 0 Å². The fraction of sp³-hybridized carbons (Fsp3) is 0.125. The van der Waals surface area contributed by atoms with Gasteiger partial charge in [-0.25, -0.2) is 4.39 Å². The second kappa shape index (κ2) is 3.83. The first-order valence-corrected chi connectivity index (χ1v) is 4.37. The van der Waals surface area contributed by atoms with E-state index in [2.05, 4.69) is 15.9 Å². The topological polar surface area (TPSA) is 60.2 Å². The number of nitrogens with zero attached hydrogens (tertiary/aromatic N) is 1. The number of carbonyl (C=O) groups excluding carboxylic acids is 1. The summed E-state index contributed by atoms with van der Waals surface area (Å²) in [6.45, 7) is 1.15. The highest BCUT2D eigenvalue weighted by Crippen LogP contribution is 2.26. The Kier molecular flexibility index (Phi) is 2.95. The Morgan fingerprint density at radius 3 is 2.57 bits per heavy atom. The second-order valence-electron chi connectivity index (χ2n) is 2.60. The molecule has 6 heteroatoms. The molecule has 0 aliphatic rings. The summed E-state index contributed by atoms with van der Waals surface area (Å²) in [5.74, 6) is -1.23. The van der Waals surface area contributed by atoms with Gasteiger partial charge in [-0.2, -0.15) is 0 Å². The monoisotopic (exact) mass is 261 g/mol. The third-order valence-electron chi connectivity index (χ3n) is 1.61. The Hall–Kier alpha value is -1.30. The van der Waals surface area contributed by atoms with Crippen LogP contribution in [0.3, 0.4) is 0 Å². The van der Waals surface area contributed by atoms with Crippen LogP contribution in [0.4, 0.5) is 10.1 Å². The van der Waals surface area contributed by atoms with Gasteiger partial charge in [-0.3, -0.25) is 14.9 Å². The van der Waals surface area contributed by atoms with Gasteiger partial charge in [-0.05, 0) is 28.9 Å². The Morgan fingerprint density at radius 1 is 1.57 bits per heavy atom. The molecule has 1 aromatic carbocycles. The third-order valence-corrected chi connectivity index (χ3v) is 2.22. The number of nitro groups is 1. The number of carbonyl (C=O) groups is 1. The molecule has 0 N–H and O–H groups in total. The number of nitro benzene ring substituents is 1. The van der Waals surface area contributed by atoms with Crippen LogP contribution in [0.5, 0.6) is 0 Å². The van der Waals surface area contributed by atoms with Crippen LogP contribution in [0.15, 0.2) is 16.6 Å². The van der Waals surface area contributed by atoms with Gasteiger partial charge in [-0.15, -0.1) is 0 Å². The van der Waals surface area contributed by atoms with E-state index in [1.165, 1.54) is 0 Å². The first-order valence-electron chi connectivity index (χ1n) is 3.58. The van der Waals surface area contributed by atoms with Crippen molar-refractivity contribution < 1.29 is 14.1 Å². The molecule has 1 rings (SSSR count). The molecule has 0 unspecified atom stereocenters. The minimum absolute atomic E-state index is 0.0331. The number of rotatable bonds is 2. The van der Waals surface area contributed by atoms with E-state index < -0.39 is 22.2 Å². The van der Waals surface area contributed by atoms with Crippen LogP contribution >= 0.6 is 15.9 Å². The van der Waals surface area contributed by atoms with Crippen molar-refractivity contribution >= 4 is 27.4 Å². The van der Waals surface area contributed by atoms with Crippen molar-refractivity contribution in [2.45, 2.75) is 6.92 Å². The zero-order chi connectivity index (χ0) is 10.9. The lowest BCUT2D eigenvalue weighted by molar-refractivity contribution is -0.385. The second-order valence-corrected chi connectivity index (χ2v) is 3.45. The average molecular weight is 262 g/mol. The quantitative estimate of drug-likeness (QED) is 0.467. The summed E-state index contributed by atoms with van der Waals surface area (Å²) in [5, 5.41) is 10.5. The normalized spacial score (nSPS) is 9.93. The van der Waals surface area contributed by atoms with E-state index in [0.29, 0.717) is 0 Å². The van der Waals surface area contributed by atoms with Crippen molar-refractivity contribution in [1.82, 2.24) is 0 Å². The van der Waals surface area contributed by atoms with Crippen LogP contribution in [0.1, 0.15) is 17.3 Å². The predicted molar refractivity (Wildman–Crippen MR) is 50.8 cm³/mol. The Morgan fingerprint density at radius 2 is 2.14 bits per heavy atom. The van der Waals surface area contributed by atoms with Crippen LogP contribution in [0.2, 0.25) is 0 Å². The van der Waals surface area contributed by atoms with Gasteiger partial charge in [0.15, 0.2) is 5.78 Å². The molecule has 0 bridgehead atoms. The lowest BCUT2D eigenvalue weighted by atomic mass is 10.1. The number of hydrogen-bond donors (Lipinski definition) is 0. The molecule has 0 spiro atoms. The summed E-state index contributed by atoms with van der Waals surface area (Å²) >= 11 is 2.81. The molecule has 0 aliphatic carbocycles. The molecule has 4 nitrogen and oxygen atoms in total. The number of benzene rings is 1. The van der Waals surface area contributed by atoms with Gasteiger partial charge in [-0.1, -0.05) is 0 Å². The fourth-order valence-corrected chi connectivity index (χ4v) is 1.30. The maximum absolute atomic E-state index is 13.0. The zero-order valence-electron chi connectivity index (χ0n) is 7.08. The largest absolute Gasteiger partial charge is 0.294 e. The minimum atomic E-state index is -0.721. The lowest BCUT2D eigenvalue weighted by Gasteiger charge is -2.00. The minimum Gasteiger partial charge on any atom is -0.294 e. The van der Waals surface area contributed by atoms with Crippen molar-refractivity contribution in [2.24, 2.45) is 0 Å². The first-order chi connectivity index (χ1) is 6.43. The Balaban J connectivity index is 3.46. The molecule has 0 atom stereocenters. The standard InChI is InChI=1S/C8H5BrFNO3/c1-4(12)5-2-7(10)6(9)3-8(5)11(13)14/h2-3H,1H3. The smallest absolute Gasteiger partial charge is 0.281 e. The molecule has 0 fully saturated rings. The Bertz CT molecular complexity index is 380. The zero-order valence-corrected chi connectivity index (χ0v) is 8.67. The van der Waals surface area contributed by atoms with Crippen LogP contribution < -0.4 is 0 Å². The molecule has 0 heterocycles. The highest BCUT2D eigenvalue weighted by Gasteiger charge is 2.20. The molecule has 0 amide bonds. The SMILES string of the molecule is CC(=O)c1cc(F)c(Br)cc1[N+](=O)[O-]. The van der Waals surface area contributed by atoms with Crippen LogP contribution in [0.25, 0.3) is 0 Å². The summed E-state index contributed by atoms with van der Waals surface area (Å²) < 4.78 is 12.9. The van der Waals surface area contributed by atoms with Crippen molar-refractivity contribution in [2.75, 3.05) is 0 Å². The maximum Gasteiger partial charge on any atom is 0.281 e. The molecule has 0 aliphatic heterocycles. The molecule has 0 saturated carbocycles. The van der Waals surface area contributed by atoms with Crippen molar-refractivity contribution in [1.29, 1.82) is 0 Å². The van der Waals surface area contributed by atoms with Gasteiger partial charge >= 0.3 is 0 Å². The van der Waals surface area contributed by atoms with Crippen LogP contribution in [0, 0.1) is 15.9 Å². The summed E-state index contributed by atoms with van der Waals surface area (Å²) in [6, 6.07) is 1.83. The van der Waals surface area contributed by atoms with Crippen molar-refractivity contribution in [3.63, 3.8) is 0 Å². The molecule has 0 aromatic heterocycles. The van der Waals surface area contributed by atoms with E-state index in [1.54, 1.807) is 0 Å². The number of hydrogen-bond acceptors (Lipinski definition) is 3. The highest BCUT2D eigenvalue weighted by atomic mass is 79.9. The summed E-state index contributed by atoms with van der Waals surface area (Å²) in [4.78, 5) is 20.7. The van der Waals surface area contributed by atoms with Gasteiger partial charge in [0.1, 0.15) is 5.82 Å². The average Bonchev–Trinajstić information content (AvgIpc) is 2.08. The predicted octanol–water partition coefficient (Wildman–Crippen LogP) is 2.70. The number of Topliss-reactive ketones (excluding diaryl/α,β-unsaturated/α-hetero) is 1. The van der Waals surface area contributed by atoms with E-state index in [0.717, 1.165) is 19.1 Å². The van der Waals surface area contributed by atoms with E-state index in [4.69, 9.17) is 0 Å². The van der Waals surface area contributed by atoms with Gasteiger partial charge in [0.25, 0.3) is 5.69 Å². The van der Waals surface area contributed by atoms with Gasteiger partial charge in [0.2, 0.25) is 0 Å². The van der Waals surface area contributed by atoms with Crippen LogP contribution in [-0.2, 0) is 0 Å². The molecular weight excluding hydrogens is 257 g/mol. The van der Waals surface area contributed by atoms with Gasteiger partial charge < -0.3 is 0 Å². The Labute approximate surface area is 87.0 Å². The molecule has 14 heavy (non-hydrogen) atoms. The van der Waals surface area contributed by atoms with E-state index in [1.807, 2.05) is 0 Å². The summed E-state index contributed by atoms with van der Waals surface area (Å²) in [5.41, 5.74) is -0.624. The molecule has 0 saturated heterocycles.